The molecule has 0 radical (unpaired) electrons. The van der Waals surface area contributed by atoms with E-state index in [0.717, 1.165) is 0 Å². The van der Waals surface area contributed by atoms with Gasteiger partial charge in [-0.3, -0.25) is 0 Å². The fourth-order valence-electron chi connectivity index (χ4n) is 2.59. The SMILES string of the molecule is CO[Si](CC1(C[Si](OC)(OC)OC)C=CC=C1)(OC)OC. The average Bonchev–Trinajstić information content (AvgIpc) is 2.99. The highest BCUT2D eigenvalue weighted by molar-refractivity contribution is 6.63. The molecule has 0 aromatic carbocycles. The van der Waals surface area contributed by atoms with E-state index in [2.05, 4.69) is 12.2 Å². The molecule has 0 N–H and O–H groups in total. The summed E-state index contributed by atoms with van der Waals surface area (Å²) < 4.78 is 33.3. The topological polar surface area (TPSA) is 55.4 Å². The lowest BCUT2D eigenvalue weighted by atomic mass is 9.96. The Morgan fingerprint density at radius 2 is 0.905 bits per heavy atom. The van der Waals surface area contributed by atoms with Gasteiger partial charge in [-0.2, -0.15) is 0 Å². The minimum Gasteiger partial charge on any atom is -0.377 e. The number of rotatable bonds is 10. The first-order valence-electron chi connectivity index (χ1n) is 6.67. The fourth-order valence-corrected chi connectivity index (χ4v) is 7.04. The van der Waals surface area contributed by atoms with Crippen LogP contribution < -0.4 is 0 Å². The van der Waals surface area contributed by atoms with Crippen LogP contribution in [0.5, 0.6) is 0 Å². The summed E-state index contributed by atoms with van der Waals surface area (Å²) in [6.07, 6.45) is 8.20. The van der Waals surface area contributed by atoms with Gasteiger partial charge in [-0.1, -0.05) is 24.3 Å². The van der Waals surface area contributed by atoms with Gasteiger partial charge in [0.05, 0.1) is 0 Å². The number of hydrogen-bond acceptors (Lipinski definition) is 6. The van der Waals surface area contributed by atoms with E-state index >= 15 is 0 Å². The molecule has 1 rings (SSSR count). The molecule has 21 heavy (non-hydrogen) atoms. The summed E-state index contributed by atoms with van der Waals surface area (Å²) in [5.41, 5.74) is -0.317. The first kappa shape index (κ1) is 18.7. The Hall–Kier alpha value is -0.326. The van der Waals surface area contributed by atoms with Gasteiger partial charge in [0.2, 0.25) is 0 Å². The lowest BCUT2D eigenvalue weighted by Crippen LogP contribution is -2.51. The lowest BCUT2D eigenvalue weighted by molar-refractivity contribution is 0.104. The average molecular weight is 335 g/mol. The first-order valence-corrected chi connectivity index (χ1v) is 10.5. The zero-order chi connectivity index (χ0) is 16.0. The van der Waals surface area contributed by atoms with Crippen LogP contribution in [0.4, 0.5) is 0 Å². The molecule has 0 aromatic rings. The van der Waals surface area contributed by atoms with Gasteiger partial charge in [0.1, 0.15) is 0 Å². The molecule has 1 aliphatic carbocycles. The van der Waals surface area contributed by atoms with E-state index in [1.165, 1.54) is 0 Å². The Balaban J connectivity index is 3.05. The molecule has 0 spiro atoms. The summed E-state index contributed by atoms with van der Waals surface area (Å²) in [6, 6.07) is 1.20. The molecule has 1 aliphatic rings. The smallest absolute Gasteiger partial charge is 0.377 e. The van der Waals surface area contributed by atoms with Gasteiger partial charge in [-0.25, -0.2) is 0 Å². The highest BCUT2D eigenvalue weighted by atomic mass is 28.4. The molecular weight excluding hydrogens is 308 g/mol. The number of allylic oxidation sites excluding steroid dienone is 4. The van der Waals surface area contributed by atoms with Crippen LogP contribution in [0.25, 0.3) is 0 Å². The van der Waals surface area contributed by atoms with Crippen molar-refractivity contribution in [3.63, 3.8) is 0 Å². The van der Waals surface area contributed by atoms with Crippen molar-refractivity contribution < 1.29 is 26.6 Å². The van der Waals surface area contributed by atoms with Crippen molar-refractivity contribution in [3.05, 3.63) is 24.3 Å². The van der Waals surface area contributed by atoms with Crippen LogP contribution >= 0.6 is 0 Å². The monoisotopic (exact) mass is 334 g/mol. The molecule has 0 atom stereocenters. The summed E-state index contributed by atoms with van der Waals surface area (Å²) in [7, 11) is 4.20. The van der Waals surface area contributed by atoms with Crippen molar-refractivity contribution in [2.75, 3.05) is 42.7 Å². The summed E-state index contributed by atoms with van der Waals surface area (Å²) in [6.45, 7) is 0. The lowest BCUT2D eigenvalue weighted by Gasteiger charge is -2.37. The Labute approximate surface area is 129 Å². The molecule has 0 saturated heterocycles. The molecule has 6 nitrogen and oxygen atoms in total. The second kappa shape index (κ2) is 7.79. The van der Waals surface area contributed by atoms with Crippen molar-refractivity contribution in [2.45, 2.75) is 12.1 Å². The van der Waals surface area contributed by atoms with E-state index in [1.807, 2.05) is 12.2 Å². The molecule has 0 aliphatic heterocycles. The maximum Gasteiger partial charge on any atom is 0.501 e. The van der Waals surface area contributed by atoms with Gasteiger partial charge >= 0.3 is 17.6 Å². The van der Waals surface area contributed by atoms with Crippen molar-refractivity contribution in [1.29, 1.82) is 0 Å². The van der Waals surface area contributed by atoms with Crippen molar-refractivity contribution in [1.82, 2.24) is 0 Å². The maximum absolute atomic E-state index is 5.56. The van der Waals surface area contributed by atoms with E-state index in [9.17, 15) is 0 Å². The maximum atomic E-state index is 5.56. The standard InChI is InChI=1S/C13H26O6Si2/c1-14-20(15-2,16-3)11-13(9-7-8-10-13)12-21(17-4,18-5)19-6/h7-10H,11-12H2,1-6H3. The molecular formula is C13H26O6Si2. The second-order valence-corrected chi connectivity index (χ2v) is 10.8. The van der Waals surface area contributed by atoms with Crippen LogP contribution in [-0.4, -0.2) is 60.3 Å². The largest absolute Gasteiger partial charge is 0.501 e. The zero-order valence-corrected chi connectivity index (χ0v) is 15.7. The molecule has 0 fully saturated rings. The van der Waals surface area contributed by atoms with Crippen molar-refractivity contribution in [2.24, 2.45) is 5.41 Å². The third-order valence-electron chi connectivity index (χ3n) is 3.92. The zero-order valence-electron chi connectivity index (χ0n) is 13.7. The van der Waals surface area contributed by atoms with Crippen LogP contribution in [-0.2, 0) is 26.6 Å². The van der Waals surface area contributed by atoms with Gasteiger partial charge in [-0.15, -0.1) is 0 Å². The third-order valence-corrected chi connectivity index (χ3v) is 9.84. The van der Waals surface area contributed by atoms with E-state index in [4.69, 9.17) is 26.6 Å². The molecule has 0 unspecified atom stereocenters. The summed E-state index contributed by atoms with van der Waals surface area (Å²) >= 11 is 0. The third kappa shape index (κ3) is 4.11. The van der Waals surface area contributed by atoms with Gasteiger partial charge in [0.15, 0.2) is 0 Å². The fraction of sp³-hybridized carbons (Fsp3) is 0.692. The van der Waals surface area contributed by atoms with E-state index in [-0.39, 0.29) is 5.41 Å². The summed E-state index contributed by atoms with van der Waals surface area (Å²) in [4.78, 5) is 0. The Morgan fingerprint density at radius 1 is 0.619 bits per heavy atom. The molecule has 0 bridgehead atoms. The molecule has 0 amide bonds. The molecule has 8 heteroatoms. The predicted octanol–water partition coefficient (Wildman–Crippen LogP) is 1.85. The molecule has 0 aromatic heterocycles. The Morgan fingerprint density at radius 3 is 1.14 bits per heavy atom. The highest BCUT2D eigenvalue weighted by Crippen LogP contribution is 2.43. The number of hydrogen-bond donors (Lipinski definition) is 0. The predicted molar refractivity (Wildman–Crippen MR) is 83.9 cm³/mol. The first-order chi connectivity index (χ1) is 9.99. The second-order valence-electron chi connectivity index (χ2n) is 4.90. The van der Waals surface area contributed by atoms with Crippen molar-refractivity contribution >= 4 is 17.6 Å². The van der Waals surface area contributed by atoms with Crippen LogP contribution in [0.1, 0.15) is 0 Å². The highest BCUT2D eigenvalue weighted by Gasteiger charge is 2.52. The normalized spacial score (nSPS) is 17.6. The van der Waals surface area contributed by atoms with Crippen LogP contribution in [0.3, 0.4) is 0 Å². The van der Waals surface area contributed by atoms with Crippen molar-refractivity contribution in [3.8, 4) is 0 Å². The van der Waals surface area contributed by atoms with Gasteiger partial charge in [0, 0.05) is 60.2 Å². The quantitative estimate of drug-likeness (QED) is 0.568. The van der Waals surface area contributed by atoms with Gasteiger partial charge in [0.25, 0.3) is 0 Å². The summed E-state index contributed by atoms with van der Waals surface area (Å²) in [5.74, 6) is 0. The summed E-state index contributed by atoms with van der Waals surface area (Å²) in [5, 5.41) is 0. The minimum absolute atomic E-state index is 0.317. The van der Waals surface area contributed by atoms with E-state index in [1.54, 1.807) is 42.7 Å². The van der Waals surface area contributed by atoms with Gasteiger partial charge < -0.3 is 26.6 Å². The Bertz CT molecular complexity index is 324. The molecule has 0 heterocycles. The van der Waals surface area contributed by atoms with Crippen LogP contribution in [0.15, 0.2) is 24.3 Å². The minimum atomic E-state index is -2.74. The van der Waals surface area contributed by atoms with E-state index < -0.39 is 17.6 Å². The molecule has 122 valence electrons. The van der Waals surface area contributed by atoms with Crippen LogP contribution in [0.2, 0.25) is 12.1 Å². The van der Waals surface area contributed by atoms with Gasteiger partial charge in [-0.05, 0) is 0 Å². The van der Waals surface area contributed by atoms with Crippen LogP contribution in [0, 0.1) is 5.41 Å². The van der Waals surface area contributed by atoms with E-state index in [0.29, 0.717) is 12.1 Å². The Kier molecular flexibility index (Phi) is 6.95. The molecule has 0 saturated carbocycles.